The van der Waals surface area contributed by atoms with Crippen molar-refractivity contribution in [1.82, 2.24) is 0 Å². The van der Waals surface area contributed by atoms with Crippen LogP contribution in [0.4, 0.5) is 0 Å². The first-order chi connectivity index (χ1) is 21.0. The maximum atomic E-state index is 12.3. The van der Waals surface area contributed by atoms with E-state index in [2.05, 4.69) is 37.9 Å². The van der Waals surface area contributed by atoms with Gasteiger partial charge in [0.15, 0.2) is 0 Å². The molecule has 4 rings (SSSR count). The highest BCUT2D eigenvalue weighted by molar-refractivity contribution is 5.90. The summed E-state index contributed by atoms with van der Waals surface area (Å²) in [6, 6.07) is 21.2. The molecule has 0 atom stereocenters. The summed E-state index contributed by atoms with van der Waals surface area (Å²) in [7, 11) is 1.49. The largest absolute Gasteiger partial charge is 0.459 e. The molecular weight excluding hydrogens is 556 g/mol. The molecule has 1 aliphatic carbocycles. The second kappa shape index (κ2) is 14.6. The number of hydrogen-bond donors (Lipinski definition) is 0. The van der Waals surface area contributed by atoms with Gasteiger partial charge in [0.05, 0.1) is 12.2 Å². The van der Waals surface area contributed by atoms with E-state index < -0.39 is 11.9 Å². The molecule has 0 aromatic heterocycles. The van der Waals surface area contributed by atoms with E-state index in [1.807, 2.05) is 24.3 Å². The van der Waals surface area contributed by atoms with Crippen molar-refractivity contribution < 1.29 is 33.3 Å². The molecule has 1 fully saturated rings. The Balaban J connectivity index is 1.61. The molecule has 0 unspecified atom stereocenters. The van der Waals surface area contributed by atoms with Crippen molar-refractivity contribution >= 4 is 17.9 Å². The van der Waals surface area contributed by atoms with Gasteiger partial charge in [0, 0.05) is 18.3 Å². The molecule has 7 nitrogen and oxygen atoms in total. The zero-order chi connectivity index (χ0) is 31.8. The average Bonchev–Trinajstić information content (AvgIpc) is 3.02. The monoisotopic (exact) mass is 594 g/mol. The number of carbonyl (C=O) groups is 3. The maximum absolute atomic E-state index is 12.3. The van der Waals surface area contributed by atoms with E-state index >= 15 is 0 Å². The molecule has 0 saturated heterocycles. The first-order valence-electron chi connectivity index (χ1n) is 14.5. The number of esters is 3. The molecular formula is C37H38O7. The van der Waals surface area contributed by atoms with E-state index in [1.165, 1.54) is 12.7 Å². The molecule has 1 saturated carbocycles. The Morgan fingerprint density at radius 2 is 1.20 bits per heavy atom. The van der Waals surface area contributed by atoms with Gasteiger partial charge in [-0.1, -0.05) is 62.2 Å². The smallest absolute Gasteiger partial charge is 0.341 e. The fourth-order valence-electron chi connectivity index (χ4n) is 5.08. The Morgan fingerprint density at radius 1 is 0.682 bits per heavy atom. The van der Waals surface area contributed by atoms with Crippen molar-refractivity contribution in [2.75, 3.05) is 13.7 Å². The molecule has 0 bridgehead atoms. The number of benzene rings is 3. The Labute approximate surface area is 258 Å². The Morgan fingerprint density at radius 3 is 1.73 bits per heavy atom. The predicted molar refractivity (Wildman–Crippen MR) is 170 cm³/mol. The maximum Gasteiger partial charge on any atom is 0.341 e. The van der Waals surface area contributed by atoms with E-state index in [4.69, 9.17) is 18.9 Å². The van der Waals surface area contributed by atoms with Crippen molar-refractivity contribution in [3.63, 3.8) is 0 Å². The zero-order valence-electron chi connectivity index (χ0n) is 25.5. The molecule has 0 heterocycles. The summed E-state index contributed by atoms with van der Waals surface area (Å²) in [5.41, 5.74) is 6.06. The third-order valence-corrected chi connectivity index (χ3v) is 7.52. The van der Waals surface area contributed by atoms with Gasteiger partial charge in [0.2, 0.25) is 0 Å². The molecule has 7 heteroatoms. The first-order valence-corrected chi connectivity index (χ1v) is 14.5. The van der Waals surface area contributed by atoms with Gasteiger partial charge in [-0.15, -0.1) is 0 Å². The second-order valence-corrected chi connectivity index (χ2v) is 11.1. The van der Waals surface area contributed by atoms with Crippen molar-refractivity contribution in [2.45, 2.75) is 51.6 Å². The second-order valence-electron chi connectivity index (χ2n) is 11.1. The SMILES string of the molecule is C=C(C)C(=O)Oc1ccc(-c2ccc(C3CCC(OC(=O)C(=C)C)CC3)cc2-c2ccc(OC(=O)C(=C)COC)cc2)cc1. The van der Waals surface area contributed by atoms with Gasteiger partial charge in [-0.3, -0.25) is 0 Å². The first kappa shape index (κ1) is 32.2. The summed E-state index contributed by atoms with van der Waals surface area (Å²) < 4.78 is 21.4. The fourth-order valence-corrected chi connectivity index (χ4v) is 5.08. The summed E-state index contributed by atoms with van der Waals surface area (Å²) >= 11 is 0. The molecule has 228 valence electrons. The van der Waals surface area contributed by atoms with Gasteiger partial charge >= 0.3 is 17.9 Å². The van der Waals surface area contributed by atoms with Gasteiger partial charge < -0.3 is 18.9 Å². The zero-order valence-corrected chi connectivity index (χ0v) is 25.5. The minimum Gasteiger partial charge on any atom is -0.459 e. The van der Waals surface area contributed by atoms with Gasteiger partial charge in [-0.2, -0.15) is 0 Å². The van der Waals surface area contributed by atoms with E-state index in [9.17, 15) is 14.4 Å². The van der Waals surface area contributed by atoms with E-state index in [1.54, 1.807) is 38.1 Å². The molecule has 0 radical (unpaired) electrons. The Hall–Kier alpha value is -4.75. The summed E-state index contributed by atoms with van der Waals surface area (Å²) in [4.78, 5) is 36.3. The number of carbonyl (C=O) groups excluding carboxylic acids is 3. The van der Waals surface area contributed by atoms with Crippen LogP contribution in [-0.4, -0.2) is 37.7 Å². The van der Waals surface area contributed by atoms with Crippen molar-refractivity contribution in [3.05, 3.63) is 109 Å². The van der Waals surface area contributed by atoms with Gasteiger partial charge in [-0.25, -0.2) is 14.4 Å². The third kappa shape index (κ3) is 8.20. The predicted octanol–water partition coefficient (Wildman–Crippen LogP) is 7.76. The van der Waals surface area contributed by atoms with Crippen LogP contribution in [0, 0.1) is 0 Å². The molecule has 3 aromatic carbocycles. The van der Waals surface area contributed by atoms with E-state index in [0.717, 1.165) is 47.9 Å². The normalized spacial score (nSPS) is 16.0. The molecule has 1 aliphatic rings. The van der Waals surface area contributed by atoms with Crippen LogP contribution in [0.1, 0.15) is 51.0 Å². The highest BCUT2D eigenvalue weighted by Crippen LogP contribution is 2.40. The van der Waals surface area contributed by atoms with Crippen LogP contribution < -0.4 is 9.47 Å². The van der Waals surface area contributed by atoms with Gasteiger partial charge in [0.1, 0.15) is 17.6 Å². The quantitative estimate of drug-likeness (QED) is 0.127. The number of methoxy groups -OCH3 is 1. The lowest BCUT2D eigenvalue weighted by atomic mass is 9.80. The molecule has 0 amide bonds. The molecule has 0 N–H and O–H groups in total. The van der Waals surface area contributed by atoms with Crippen LogP contribution in [0.25, 0.3) is 22.3 Å². The van der Waals surface area contributed by atoms with Crippen LogP contribution in [0.15, 0.2) is 103 Å². The molecule has 0 aliphatic heterocycles. The van der Waals surface area contributed by atoms with E-state index in [-0.39, 0.29) is 24.3 Å². The Bertz CT molecular complexity index is 1560. The summed E-state index contributed by atoms with van der Waals surface area (Å²) in [5, 5.41) is 0. The van der Waals surface area contributed by atoms with Gasteiger partial charge in [0.25, 0.3) is 0 Å². The lowest BCUT2D eigenvalue weighted by Gasteiger charge is -2.29. The average molecular weight is 595 g/mol. The van der Waals surface area contributed by atoms with Crippen LogP contribution in [0.3, 0.4) is 0 Å². The van der Waals surface area contributed by atoms with Crippen LogP contribution in [0.2, 0.25) is 0 Å². The highest BCUT2D eigenvalue weighted by atomic mass is 16.5. The van der Waals surface area contributed by atoms with Crippen molar-refractivity contribution in [1.29, 1.82) is 0 Å². The Kier molecular flexibility index (Phi) is 10.7. The standard InChI is InChI=1S/C37H38O7/c1-23(2)35(38)42-30-14-7-26(8-15-30)29-13-20-33(27-9-16-31(17-10-27)43-36(39)24(3)4)34(21-29)28-11-18-32(19-12-28)44-37(40)25(5)22-41-6/h9-13,16-21,26,30H,1,3,5,7-8,14-15,22H2,2,4,6H3. The molecule has 44 heavy (non-hydrogen) atoms. The summed E-state index contributed by atoms with van der Waals surface area (Å²) in [6.45, 7) is 14.4. The summed E-state index contributed by atoms with van der Waals surface area (Å²) in [6.07, 6.45) is 3.28. The van der Waals surface area contributed by atoms with Crippen LogP contribution in [-0.2, 0) is 23.9 Å². The van der Waals surface area contributed by atoms with Crippen molar-refractivity contribution in [2.24, 2.45) is 0 Å². The van der Waals surface area contributed by atoms with Crippen molar-refractivity contribution in [3.8, 4) is 33.8 Å². The minimum atomic E-state index is -0.542. The third-order valence-electron chi connectivity index (χ3n) is 7.52. The van der Waals surface area contributed by atoms with Gasteiger partial charge in [-0.05, 0) is 97.5 Å². The molecule has 0 spiro atoms. The highest BCUT2D eigenvalue weighted by Gasteiger charge is 2.26. The van der Waals surface area contributed by atoms with E-state index in [0.29, 0.717) is 28.6 Å². The fraction of sp³-hybridized carbons (Fsp3) is 0.270. The topological polar surface area (TPSA) is 88.1 Å². The lowest BCUT2D eigenvalue weighted by Crippen LogP contribution is -2.24. The van der Waals surface area contributed by atoms with Crippen LogP contribution >= 0.6 is 0 Å². The number of rotatable bonds is 11. The minimum absolute atomic E-state index is 0.0937. The lowest BCUT2D eigenvalue weighted by molar-refractivity contribution is -0.145. The molecule has 3 aromatic rings. The summed E-state index contributed by atoms with van der Waals surface area (Å²) in [5.74, 6) is -0.195. The number of hydrogen-bond acceptors (Lipinski definition) is 7. The van der Waals surface area contributed by atoms with Crippen LogP contribution in [0.5, 0.6) is 11.5 Å². The number of ether oxygens (including phenoxy) is 4.